The summed E-state index contributed by atoms with van der Waals surface area (Å²) < 4.78 is 10.3. The largest absolute Gasteiger partial charge is 0.497 e. The topological polar surface area (TPSA) is 76.7 Å². The first kappa shape index (κ1) is 18.6. The number of carbonyl (C=O) groups excluding carboxylic acids is 2. The highest BCUT2D eigenvalue weighted by Crippen LogP contribution is 2.22. The third kappa shape index (κ3) is 5.39. The lowest BCUT2D eigenvalue weighted by molar-refractivity contribution is 0.0927. The quantitative estimate of drug-likeness (QED) is 0.742. The zero-order chi connectivity index (χ0) is 18.2. The number of amides is 2. The second-order valence-electron chi connectivity index (χ2n) is 5.12. The maximum atomic E-state index is 12.2. The van der Waals surface area contributed by atoms with Gasteiger partial charge in [0.25, 0.3) is 11.8 Å². The SMILES string of the molecule is COc1cc(OC)cc(C(=O)NCCNC(=O)c2cccc(Cl)c2)c1. The Morgan fingerprint density at radius 2 is 1.44 bits per heavy atom. The van der Waals surface area contributed by atoms with Gasteiger partial charge in [-0.2, -0.15) is 0 Å². The molecule has 0 saturated carbocycles. The fourth-order valence-corrected chi connectivity index (χ4v) is 2.31. The molecule has 0 saturated heterocycles. The van der Waals surface area contributed by atoms with E-state index >= 15 is 0 Å². The van der Waals surface area contributed by atoms with Gasteiger partial charge in [-0.15, -0.1) is 0 Å². The van der Waals surface area contributed by atoms with Crippen molar-refractivity contribution in [3.63, 3.8) is 0 Å². The molecule has 0 aliphatic rings. The van der Waals surface area contributed by atoms with E-state index in [0.29, 0.717) is 27.6 Å². The molecule has 0 unspecified atom stereocenters. The molecule has 2 rings (SSSR count). The Morgan fingerprint density at radius 3 is 1.96 bits per heavy atom. The molecule has 2 N–H and O–H groups in total. The zero-order valence-corrected chi connectivity index (χ0v) is 14.7. The van der Waals surface area contributed by atoms with Crippen LogP contribution >= 0.6 is 11.6 Å². The van der Waals surface area contributed by atoms with Crippen LogP contribution in [-0.4, -0.2) is 39.1 Å². The van der Waals surface area contributed by atoms with E-state index in [4.69, 9.17) is 21.1 Å². The van der Waals surface area contributed by atoms with Crippen molar-refractivity contribution >= 4 is 23.4 Å². The maximum Gasteiger partial charge on any atom is 0.251 e. The van der Waals surface area contributed by atoms with E-state index in [0.717, 1.165) is 0 Å². The van der Waals surface area contributed by atoms with Crippen LogP contribution in [0.15, 0.2) is 42.5 Å². The monoisotopic (exact) mass is 362 g/mol. The number of halogens is 1. The first-order valence-corrected chi connectivity index (χ1v) is 7.96. The zero-order valence-electron chi connectivity index (χ0n) is 14.0. The Balaban J connectivity index is 1.85. The predicted octanol–water partition coefficient (Wildman–Crippen LogP) is 2.52. The van der Waals surface area contributed by atoms with Crippen LogP contribution in [0.3, 0.4) is 0 Å². The van der Waals surface area contributed by atoms with E-state index in [1.165, 1.54) is 14.2 Å². The van der Waals surface area contributed by atoms with Crippen LogP contribution in [0, 0.1) is 0 Å². The van der Waals surface area contributed by atoms with E-state index in [2.05, 4.69) is 10.6 Å². The van der Waals surface area contributed by atoms with Crippen molar-refractivity contribution in [3.05, 3.63) is 58.6 Å². The minimum atomic E-state index is -0.283. The molecule has 0 aliphatic carbocycles. The summed E-state index contributed by atoms with van der Waals surface area (Å²) in [5.74, 6) is 0.520. The lowest BCUT2D eigenvalue weighted by Crippen LogP contribution is -2.34. The van der Waals surface area contributed by atoms with E-state index in [1.807, 2.05) is 0 Å². The number of carbonyl (C=O) groups is 2. The van der Waals surface area contributed by atoms with Crippen molar-refractivity contribution in [1.82, 2.24) is 10.6 Å². The molecule has 0 aliphatic heterocycles. The van der Waals surface area contributed by atoms with Gasteiger partial charge < -0.3 is 20.1 Å². The fraction of sp³-hybridized carbons (Fsp3) is 0.222. The lowest BCUT2D eigenvalue weighted by atomic mass is 10.2. The molecule has 0 atom stereocenters. The molecule has 2 amide bonds. The van der Waals surface area contributed by atoms with Gasteiger partial charge >= 0.3 is 0 Å². The summed E-state index contributed by atoms with van der Waals surface area (Å²) in [6, 6.07) is 11.6. The molecular weight excluding hydrogens is 344 g/mol. The Labute approximate surface area is 151 Å². The normalized spacial score (nSPS) is 10.0. The lowest BCUT2D eigenvalue weighted by Gasteiger charge is -2.10. The van der Waals surface area contributed by atoms with Crippen molar-refractivity contribution in [3.8, 4) is 11.5 Å². The second kappa shape index (κ2) is 8.94. The molecule has 0 bridgehead atoms. The molecule has 25 heavy (non-hydrogen) atoms. The summed E-state index contributed by atoms with van der Waals surface area (Å²) in [5.41, 5.74) is 0.883. The Kier molecular flexibility index (Phi) is 6.65. The molecule has 0 heterocycles. The number of methoxy groups -OCH3 is 2. The molecule has 7 heteroatoms. The van der Waals surface area contributed by atoms with Gasteiger partial charge in [-0.05, 0) is 30.3 Å². The molecule has 2 aromatic rings. The molecule has 2 aromatic carbocycles. The molecular formula is C18H19ClN2O4. The van der Waals surface area contributed by atoms with Crippen molar-refractivity contribution < 1.29 is 19.1 Å². The average molecular weight is 363 g/mol. The van der Waals surface area contributed by atoms with Crippen molar-refractivity contribution in [1.29, 1.82) is 0 Å². The van der Waals surface area contributed by atoms with Gasteiger partial charge in [0.1, 0.15) is 11.5 Å². The number of ether oxygens (including phenoxy) is 2. The molecule has 0 aromatic heterocycles. The summed E-state index contributed by atoms with van der Waals surface area (Å²) in [6.45, 7) is 0.572. The van der Waals surface area contributed by atoms with Crippen LogP contribution in [0.2, 0.25) is 5.02 Å². The smallest absolute Gasteiger partial charge is 0.251 e. The van der Waals surface area contributed by atoms with Gasteiger partial charge in [-0.25, -0.2) is 0 Å². The second-order valence-corrected chi connectivity index (χ2v) is 5.56. The van der Waals surface area contributed by atoms with E-state index < -0.39 is 0 Å². The molecule has 0 radical (unpaired) electrons. The minimum absolute atomic E-state index is 0.250. The van der Waals surface area contributed by atoms with Crippen molar-refractivity contribution in [2.45, 2.75) is 0 Å². The number of nitrogens with one attached hydrogen (secondary N) is 2. The van der Waals surface area contributed by atoms with Gasteiger partial charge in [0.05, 0.1) is 14.2 Å². The first-order chi connectivity index (χ1) is 12.0. The summed E-state index contributed by atoms with van der Waals surface area (Å²) in [6.07, 6.45) is 0. The van der Waals surface area contributed by atoms with E-state index in [-0.39, 0.29) is 24.9 Å². The fourth-order valence-electron chi connectivity index (χ4n) is 2.12. The van der Waals surface area contributed by atoms with Gasteiger partial charge in [-0.3, -0.25) is 9.59 Å². The standard InChI is InChI=1S/C18H19ClN2O4/c1-24-15-9-13(10-16(11-15)25-2)18(23)21-7-6-20-17(22)12-4-3-5-14(19)8-12/h3-5,8-11H,6-7H2,1-2H3,(H,20,22)(H,21,23). The number of benzene rings is 2. The number of hydrogen-bond donors (Lipinski definition) is 2. The highest BCUT2D eigenvalue weighted by Gasteiger charge is 2.10. The van der Waals surface area contributed by atoms with Crippen LogP contribution in [0.25, 0.3) is 0 Å². The first-order valence-electron chi connectivity index (χ1n) is 7.58. The Bertz CT molecular complexity index is 742. The summed E-state index contributed by atoms with van der Waals surface area (Å²) in [5, 5.41) is 5.94. The van der Waals surface area contributed by atoms with Crippen LogP contribution in [0.4, 0.5) is 0 Å². The van der Waals surface area contributed by atoms with Crippen LogP contribution in [0.1, 0.15) is 20.7 Å². The van der Waals surface area contributed by atoms with Crippen LogP contribution in [0.5, 0.6) is 11.5 Å². The Hall–Kier alpha value is -2.73. The average Bonchev–Trinajstić information content (AvgIpc) is 2.64. The summed E-state index contributed by atoms with van der Waals surface area (Å²) in [7, 11) is 3.03. The van der Waals surface area contributed by atoms with Gasteiger partial charge in [0.2, 0.25) is 0 Å². The highest BCUT2D eigenvalue weighted by atomic mass is 35.5. The van der Waals surface area contributed by atoms with Gasteiger partial charge in [0.15, 0.2) is 0 Å². The third-order valence-corrected chi connectivity index (χ3v) is 3.63. The highest BCUT2D eigenvalue weighted by molar-refractivity contribution is 6.30. The molecule has 6 nitrogen and oxygen atoms in total. The molecule has 0 fully saturated rings. The third-order valence-electron chi connectivity index (χ3n) is 3.40. The van der Waals surface area contributed by atoms with Crippen molar-refractivity contribution in [2.24, 2.45) is 0 Å². The number of rotatable bonds is 7. The number of hydrogen-bond acceptors (Lipinski definition) is 4. The van der Waals surface area contributed by atoms with E-state index in [1.54, 1.807) is 42.5 Å². The Morgan fingerprint density at radius 1 is 0.880 bits per heavy atom. The maximum absolute atomic E-state index is 12.2. The van der Waals surface area contributed by atoms with Crippen molar-refractivity contribution in [2.75, 3.05) is 27.3 Å². The summed E-state index contributed by atoms with van der Waals surface area (Å²) >= 11 is 5.85. The molecule has 0 spiro atoms. The van der Waals surface area contributed by atoms with Crippen LogP contribution < -0.4 is 20.1 Å². The van der Waals surface area contributed by atoms with Gasteiger partial charge in [-0.1, -0.05) is 17.7 Å². The molecule has 132 valence electrons. The minimum Gasteiger partial charge on any atom is -0.497 e. The predicted molar refractivity (Wildman–Crippen MR) is 95.7 cm³/mol. The van der Waals surface area contributed by atoms with E-state index in [9.17, 15) is 9.59 Å². The van der Waals surface area contributed by atoms with Gasteiger partial charge in [0, 0.05) is 35.3 Å². The summed E-state index contributed by atoms with van der Waals surface area (Å²) in [4.78, 5) is 24.2. The van der Waals surface area contributed by atoms with Crippen LogP contribution in [-0.2, 0) is 0 Å².